The number of fused-ring (bicyclic) bond motifs is 1. The molecule has 0 radical (unpaired) electrons. The van der Waals surface area contributed by atoms with Crippen LogP contribution in [0.25, 0.3) is 0 Å². The van der Waals surface area contributed by atoms with Gasteiger partial charge in [0.05, 0.1) is 17.0 Å². The summed E-state index contributed by atoms with van der Waals surface area (Å²) in [5.41, 5.74) is 7.85. The molecule has 1 aliphatic rings. The van der Waals surface area contributed by atoms with Gasteiger partial charge in [0.1, 0.15) is 0 Å². The molecule has 1 aliphatic heterocycles. The molecule has 0 saturated carbocycles. The molecule has 0 fully saturated rings. The summed E-state index contributed by atoms with van der Waals surface area (Å²) in [5, 5.41) is 2.77. The lowest BCUT2D eigenvalue weighted by Gasteiger charge is -2.15. The maximum Gasteiger partial charge on any atom is 0.253 e. The summed E-state index contributed by atoms with van der Waals surface area (Å²) in [4.78, 5) is 15.6. The molecule has 2 heterocycles. The van der Waals surface area contributed by atoms with Gasteiger partial charge in [0, 0.05) is 19.5 Å². The molecule has 4 heteroatoms. The fourth-order valence-electron chi connectivity index (χ4n) is 1.45. The van der Waals surface area contributed by atoms with E-state index < -0.39 is 0 Å². The first kappa shape index (κ1) is 8.19. The van der Waals surface area contributed by atoms with E-state index in [4.69, 9.17) is 5.73 Å². The highest BCUT2D eigenvalue weighted by Crippen LogP contribution is 2.11. The second kappa shape index (κ2) is 3.14. The van der Waals surface area contributed by atoms with Gasteiger partial charge >= 0.3 is 0 Å². The van der Waals surface area contributed by atoms with Crippen LogP contribution in [-0.2, 0) is 13.0 Å². The molecule has 0 unspecified atom stereocenters. The molecule has 2 rings (SSSR count). The summed E-state index contributed by atoms with van der Waals surface area (Å²) in [7, 11) is 0. The predicted molar refractivity (Wildman–Crippen MR) is 48.2 cm³/mol. The number of nitrogens with zero attached hydrogens (tertiary/aromatic N) is 1. The molecule has 4 nitrogen and oxygen atoms in total. The van der Waals surface area contributed by atoms with Crippen molar-refractivity contribution in [1.82, 2.24) is 10.3 Å². The van der Waals surface area contributed by atoms with Crippen molar-refractivity contribution in [1.29, 1.82) is 0 Å². The van der Waals surface area contributed by atoms with Gasteiger partial charge in [0.15, 0.2) is 0 Å². The number of nitrogens with one attached hydrogen (secondary N) is 1. The summed E-state index contributed by atoms with van der Waals surface area (Å²) in [6.07, 6.45) is 0.801. The van der Waals surface area contributed by atoms with Crippen LogP contribution in [0.15, 0.2) is 12.1 Å². The Balaban J connectivity index is 2.45. The van der Waals surface area contributed by atoms with Crippen molar-refractivity contribution in [2.45, 2.75) is 13.0 Å². The minimum atomic E-state index is -0.0303. The Labute approximate surface area is 76.2 Å². The number of pyridine rings is 1. The van der Waals surface area contributed by atoms with E-state index in [1.54, 1.807) is 12.1 Å². The Hall–Kier alpha value is -1.42. The van der Waals surface area contributed by atoms with Crippen LogP contribution in [0.3, 0.4) is 0 Å². The van der Waals surface area contributed by atoms with Gasteiger partial charge in [0.2, 0.25) is 0 Å². The van der Waals surface area contributed by atoms with Crippen LogP contribution < -0.4 is 11.1 Å². The van der Waals surface area contributed by atoms with Crippen LogP contribution in [0.4, 0.5) is 0 Å². The Kier molecular flexibility index (Phi) is 1.98. The number of hydrogen-bond donors (Lipinski definition) is 2. The third-order valence-corrected chi connectivity index (χ3v) is 2.13. The van der Waals surface area contributed by atoms with E-state index in [1.165, 1.54) is 0 Å². The number of carbonyl (C=O) groups excluding carboxylic acids is 1. The van der Waals surface area contributed by atoms with Crippen molar-refractivity contribution < 1.29 is 4.79 Å². The first-order chi connectivity index (χ1) is 6.31. The number of rotatable bonds is 1. The number of hydrogen-bond acceptors (Lipinski definition) is 3. The average Bonchev–Trinajstić information content (AvgIpc) is 2.18. The zero-order valence-corrected chi connectivity index (χ0v) is 7.21. The van der Waals surface area contributed by atoms with Gasteiger partial charge in [0.25, 0.3) is 5.91 Å². The van der Waals surface area contributed by atoms with Crippen molar-refractivity contribution >= 4 is 5.91 Å². The zero-order valence-electron chi connectivity index (χ0n) is 7.21. The maximum atomic E-state index is 11.3. The number of amides is 1. The van der Waals surface area contributed by atoms with E-state index in [-0.39, 0.29) is 5.91 Å². The highest BCUT2D eigenvalue weighted by atomic mass is 16.1. The summed E-state index contributed by atoms with van der Waals surface area (Å²) in [5.74, 6) is -0.0303. The van der Waals surface area contributed by atoms with E-state index in [2.05, 4.69) is 10.3 Å². The van der Waals surface area contributed by atoms with E-state index in [0.717, 1.165) is 17.8 Å². The van der Waals surface area contributed by atoms with Gasteiger partial charge in [-0.3, -0.25) is 9.78 Å². The fraction of sp³-hybridized carbons (Fsp3) is 0.333. The van der Waals surface area contributed by atoms with Crippen LogP contribution in [0.5, 0.6) is 0 Å². The quantitative estimate of drug-likeness (QED) is 0.625. The Morgan fingerprint density at radius 1 is 1.54 bits per heavy atom. The summed E-state index contributed by atoms with van der Waals surface area (Å²) in [6.45, 7) is 1.10. The average molecular weight is 177 g/mol. The minimum Gasteiger partial charge on any atom is -0.352 e. The standard InChI is InChI=1S/C9H11N3O/c10-5-6-1-2-7-8(12-6)3-4-11-9(7)13/h1-2H,3-5,10H2,(H,11,13). The molecule has 3 N–H and O–H groups in total. The third-order valence-electron chi connectivity index (χ3n) is 2.13. The lowest BCUT2D eigenvalue weighted by molar-refractivity contribution is 0.0945. The van der Waals surface area contributed by atoms with Gasteiger partial charge in [-0.15, -0.1) is 0 Å². The van der Waals surface area contributed by atoms with Crippen molar-refractivity contribution in [2.24, 2.45) is 5.73 Å². The monoisotopic (exact) mass is 177 g/mol. The van der Waals surface area contributed by atoms with Gasteiger partial charge in [-0.2, -0.15) is 0 Å². The van der Waals surface area contributed by atoms with Crippen LogP contribution in [0.1, 0.15) is 21.7 Å². The van der Waals surface area contributed by atoms with Crippen molar-refractivity contribution in [3.05, 3.63) is 29.1 Å². The van der Waals surface area contributed by atoms with Crippen molar-refractivity contribution in [2.75, 3.05) is 6.54 Å². The number of nitrogens with two attached hydrogens (primary N) is 1. The molecule has 68 valence electrons. The van der Waals surface area contributed by atoms with Crippen molar-refractivity contribution in [3.8, 4) is 0 Å². The van der Waals surface area contributed by atoms with Crippen LogP contribution in [0, 0.1) is 0 Å². The fourth-order valence-corrected chi connectivity index (χ4v) is 1.45. The highest BCUT2D eigenvalue weighted by molar-refractivity contribution is 5.96. The molecule has 1 aromatic heterocycles. The molecule has 0 bridgehead atoms. The smallest absolute Gasteiger partial charge is 0.253 e. The van der Waals surface area contributed by atoms with Crippen molar-refractivity contribution in [3.63, 3.8) is 0 Å². The van der Waals surface area contributed by atoms with E-state index in [0.29, 0.717) is 18.7 Å². The maximum absolute atomic E-state index is 11.3. The Morgan fingerprint density at radius 2 is 2.38 bits per heavy atom. The molecule has 0 saturated heterocycles. The highest BCUT2D eigenvalue weighted by Gasteiger charge is 2.17. The first-order valence-electron chi connectivity index (χ1n) is 4.28. The van der Waals surface area contributed by atoms with Crippen LogP contribution >= 0.6 is 0 Å². The minimum absolute atomic E-state index is 0.0303. The summed E-state index contributed by atoms with van der Waals surface area (Å²) >= 11 is 0. The Morgan fingerprint density at radius 3 is 3.15 bits per heavy atom. The van der Waals surface area contributed by atoms with Gasteiger partial charge in [-0.25, -0.2) is 0 Å². The molecular formula is C9H11N3O. The predicted octanol–water partition coefficient (Wildman–Crippen LogP) is -0.174. The van der Waals surface area contributed by atoms with Gasteiger partial charge < -0.3 is 11.1 Å². The van der Waals surface area contributed by atoms with Crippen LogP contribution in [-0.4, -0.2) is 17.4 Å². The van der Waals surface area contributed by atoms with E-state index >= 15 is 0 Å². The second-order valence-electron chi connectivity index (χ2n) is 3.01. The topological polar surface area (TPSA) is 68.0 Å². The van der Waals surface area contributed by atoms with E-state index in [9.17, 15) is 4.79 Å². The molecule has 0 spiro atoms. The van der Waals surface area contributed by atoms with Gasteiger partial charge in [-0.05, 0) is 12.1 Å². The SMILES string of the molecule is NCc1ccc2c(n1)CCNC2=O. The number of aromatic nitrogens is 1. The molecular weight excluding hydrogens is 166 g/mol. The molecule has 0 atom stereocenters. The summed E-state index contributed by atoms with van der Waals surface area (Å²) < 4.78 is 0. The molecule has 0 aliphatic carbocycles. The molecule has 1 amide bonds. The first-order valence-corrected chi connectivity index (χ1v) is 4.28. The summed E-state index contributed by atoms with van der Waals surface area (Å²) in [6, 6.07) is 3.59. The van der Waals surface area contributed by atoms with Gasteiger partial charge in [-0.1, -0.05) is 0 Å². The third kappa shape index (κ3) is 1.40. The lowest BCUT2D eigenvalue weighted by atomic mass is 10.1. The van der Waals surface area contributed by atoms with E-state index in [1.807, 2.05) is 0 Å². The lowest BCUT2D eigenvalue weighted by Crippen LogP contribution is -2.32. The second-order valence-corrected chi connectivity index (χ2v) is 3.01. The number of carbonyl (C=O) groups is 1. The molecule has 13 heavy (non-hydrogen) atoms. The largest absolute Gasteiger partial charge is 0.352 e. The zero-order chi connectivity index (χ0) is 9.26. The van der Waals surface area contributed by atoms with Crippen LogP contribution in [0.2, 0.25) is 0 Å². The Bertz CT molecular complexity index is 349. The molecule has 0 aromatic carbocycles. The molecule has 1 aromatic rings. The normalized spacial score (nSPS) is 15.0.